The number of benzene rings is 1. The van der Waals surface area contributed by atoms with Crippen LogP contribution in [0.15, 0.2) is 47.7 Å². The van der Waals surface area contributed by atoms with Crippen LogP contribution in [0.5, 0.6) is 0 Å². The van der Waals surface area contributed by atoms with Gasteiger partial charge in [-0.2, -0.15) is 5.10 Å². The van der Waals surface area contributed by atoms with Gasteiger partial charge in [-0.05, 0) is 37.1 Å². The van der Waals surface area contributed by atoms with Gasteiger partial charge in [-0.25, -0.2) is 4.68 Å². The second-order valence-corrected chi connectivity index (χ2v) is 5.02. The predicted molar refractivity (Wildman–Crippen MR) is 92.9 cm³/mol. The van der Waals surface area contributed by atoms with Gasteiger partial charge in [0.25, 0.3) is 0 Å². The Bertz CT molecular complexity index is 578. The molecule has 124 valence electrons. The molecule has 0 amide bonds. The molecular weight excluding hydrogens is 290 g/mol. The van der Waals surface area contributed by atoms with E-state index in [4.69, 9.17) is 4.74 Å². The number of aliphatic imine (C=N–C) groups is 1. The lowest BCUT2D eigenvalue weighted by molar-refractivity contribution is 0.145. The number of nitrogens with one attached hydrogen (secondary N) is 2. The third-order valence-corrected chi connectivity index (χ3v) is 3.35. The van der Waals surface area contributed by atoms with Crippen LogP contribution in [0.2, 0.25) is 0 Å². The maximum absolute atomic E-state index is 5.31. The lowest BCUT2D eigenvalue weighted by Crippen LogP contribution is -2.37. The second-order valence-electron chi connectivity index (χ2n) is 5.02. The third kappa shape index (κ3) is 5.75. The topological polar surface area (TPSA) is 63.5 Å². The Balaban J connectivity index is 1.75. The smallest absolute Gasteiger partial charge is 0.191 e. The van der Waals surface area contributed by atoms with E-state index in [9.17, 15) is 0 Å². The molecule has 0 unspecified atom stereocenters. The van der Waals surface area contributed by atoms with E-state index in [1.807, 2.05) is 23.9 Å². The molecule has 0 aliphatic carbocycles. The molecule has 6 nitrogen and oxygen atoms in total. The molecule has 6 heteroatoms. The van der Waals surface area contributed by atoms with E-state index in [1.165, 1.54) is 5.56 Å². The first-order valence-electron chi connectivity index (χ1n) is 7.94. The maximum Gasteiger partial charge on any atom is 0.191 e. The number of hydrogen-bond donors (Lipinski definition) is 2. The Morgan fingerprint density at radius 1 is 1.26 bits per heavy atom. The van der Waals surface area contributed by atoms with Crippen molar-refractivity contribution in [2.75, 3.05) is 26.8 Å². The standard InChI is InChI=1S/C17H25N5O/c1-3-23-13-5-10-19-17(18-2)20-14-15-6-8-16(9-7-15)22-12-4-11-21-22/h4,6-9,11-12H,3,5,10,13-14H2,1-2H3,(H2,18,19,20). The molecule has 2 N–H and O–H groups in total. The quantitative estimate of drug-likeness (QED) is 0.444. The van der Waals surface area contributed by atoms with Crippen LogP contribution in [0.4, 0.5) is 0 Å². The predicted octanol–water partition coefficient (Wildman–Crippen LogP) is 1.96. The molecular formula is C17H25N5O. The van der Waals surface area contributed by atoms with Crippen molar-refractivity contribution in [2.24, 2.45) is 4.99 Å². The molecule has 0 aliphatic heterocycles. The minimum atomic E-state index is 0.727. The van der Waals surface area contributed by atoms with Crippen LogP contribution in [-0.2, 0) is 11.3 Å². The first kappa shape index (κ1) is 17.0. The van der Waals surface area contributed by atoms with Crippen molar-refractivity contribution in [3.63, 3.8) is 0 Å². The average molecular weight is 315 g/mol. The van der Waals surface area contributed by atoms with Crippen molar-refractivity contribution in [2.45, 2.75) is 19.9 Å². The lowest BCUT2D eigenvalue weighted by atomic mass is 10.2. The molecule has 0 atom stereocenters. The Hall–Kier alpha value is -2.34. The number of ether oxygens (including phenoxy) is 1. The van der Waals surface area contributed by atoms with Gasteiger partial charge in [-0.15, -0.1) is 0 Å². The summed E-state index contributed by atoms with van der Waals surface area (Å²) in [5.41, 5.74) is 2.25. The zero-order chi connectivity index (χ0) is 16.3. The Morgan fingerprint density at radius 3 is 2.74 bits per heavy atom. The summed E-state index contributed by atoms with van der Waals surface area (Å²) < 4.78 is 7.16. The SMILES string of the molecule is CCOCCCNC(=NC)NCc1ccc(-n2cccn2)cc1. The van der Waals surface area contributed by atoms with Crippen molar-refractivity contribution in [3.8, 4) is 5.69 Å². The van der Waals surface area contributed by atoms with E-state index in [2.05, 4.69) is 45.0 Å². The van der Waals surface area contributed by atoms with Crippen molar-refractivity contribution in [1.82, 2.24) is 20.4 Å². The fraction of sp³-hybridized carbons (Fsp3) is 0.412. The van der Waals surface area contributed by atoms with Crippen molar-refractivity contribution < 1.29 is 4.74 Å². The van der Waals surface area contributed by atoms with Gasteiger partial charge in [-0.1, -0.05) is 12.1 Å². The number of guanidine groups is 1. The highest BCUT2D eigenvalue weighted by Crippen LogP contribution is 2.08. The molecule has 2 aromatic rings. The third-order valence-electron chi connectivity index (χ3n) is 3.35. The van der Waals surface area contributed by atoms with Crippen LogP contribution in [-0.4, -0.2) is 42.5 Å². The highest BCUT2D eigenvalue weighted by molar-refractivity contribution is 5.79. The van der Waals surface area contributed by atoms with E-state index in [1.54, 1.807) is 13.2 Å². The van der Waals surface area contributed by atoms with Crippen LogP contribution in [0, 0.1) is 0 Å². The highest BCUT2D eigenvalue weighted by Gasteiger charge is 2.00. The van der Waals surface area contributed by atoms with Gasteiger partial charge in [0.15, 0.2) is 5.96 Å². The van der Waals surface area contributed by atoms with Crippen LogP contribution in [0.3, 0.4) is 0 Å². The Kier molecular flexibility index (Phi) is 7.13. The van der Waals surface area contributed by atoms with Crippen LogP contribution in [0.1, 0.15) is 18.9 Å². The molecule has 0 bridgehead atoms. The molecule has 2 rings (SSSR count). The number of rotatable bonds is 8. The summed E-state index contributed by atoms with van der Waals surface area (Å²) in [4.78, 5) is 4.22. The van der Waals surface area contributed by atoms with Crippen molar-refractivity contribution >= 4 is 5.96 Å². The number of nitrogens with zero attached hydrogens (tertiary/aromatic N) is 3. The van der Waals surface area contributed by atoms with Gasteiger partial charge in [0, 0.05) is 45.7 Å². The van der Waals surface area contributed by atoms with Crippen LogP contribution < -0.4 is 10.6 Å². The molecule has 0 saturated carbocycles. The number of hydrogen-bond acceptors (Lipinski definition) is 3. The fourth-order valence-electron chi connectivity index (χ4n) is 2.12. The van der Waals surface area contributed by atoms with Gasteiger partial charge in [0.2, 0.25) is 0 Å². The Morgan fingerprint density at radius 2 is 2.09 bits per heavy atom. The summed E-state index contributed by atoms with van der Waals surface area (Å²) in [5, 5.41) is 10.8. The van der Waals surface area contributed by atoms with Gasteiger partial charge in [0.05, 0.1) is 5.69 Å². The molecule has 1 aromatic carbocycles. The van der Waals surface area contributed by atoms with Gasteiger partial charge >= 0.3 is 0 Å². The van der Waals surface area contributed by atoms with Gasteiger partial charge in [0.1, 0.15) is 0 Å². The molecule has 0 aliphatic rings. The summed E-state index contributed by atoms with van der Waals surface area (Å²) in [6, 6.07) is 10.2. The first-order valence-corrected chi connectivity index (χ1v) is 7.94. The number of aromatic nitrogens is 2. The van der Waals surface area contributed by atoms with E-state index in [0.717, 1.165) is 44.4 Å². The van der Waals surface area contributed by atoms with E-state index >= 15 is 0 Å². The summed E-state index contributed by atoms with van der Waals surface area (Å²) in [5.74, 6) is 0.803. The van der Waals surface area contributed by atoms with E-state index < -0.39 is 0 Å². The molecule has 0 saturated heterocycles. The lowest BCUT2D eigenvalue weighted by Gasteiger charge is -2.12. The molecule has 0 radical (unpaired) electrons. The first-order chi connectivity index (χ1) is 11.3. The Labute approximate surface area is 137 Å². The average Bonchev–Trinajstić information content (AvgIpc) is 3.12. The summed E-state index contributed by atoms with van der Waals surface area (Å²) in [6.07, 6.45) is 4.67. The minimum Gasteiger partial charge on any atom is -0.382 e. The molecule has 23 heavy (non-hydrogen) atoms. The maximum atomic E-state index is 5.31. The zero-order valence-electron chi connectivity index (χ0n) is 13.8. The highest BCUT2D eigenvalue weighted by atomic mass is 16.5. The summed E-state index contributed by atoms with van der Waals surface area (Å²) >= 11 is 0. The van der Waals surface area contributed by atoms with Crippen LogP contribution >= 0.6 is 0 Å². The monoisotopic (exact) mass is 315 g/mol. The summed E-state index contributed by atoms with van der Waals surface area (Å²) in [6.45, 7) is 5.12. The fourth-order valence-corrected chi connectivity index (χ4v) is 2.12. The molecule has 0 spiro atoms. The molecule has 1 heterocycles. The zero-order valence-corrected chi connectivity index (χ0v) is 13.8. The normalized spacial score (nSPS) is 11.5. The largest absolute Gasteiger partial charge is 0.382 e. The van der Waals surface area contributed by atoms with E-state index in [0.29, 0.717) is 0 Å². The van der Waals surface area contributed by atoms with Gasteiger partial charge in [-0.3, -0.25) is 4.99 Å². The summed E-state index contributed by atoms with van der Waals surface area (Å²) in [7, 11) is 1.78. The molecule has 1 aromatic heterocycles. The molecule has 0 fully saturated rings. The van der Waals surface area contributed by atoms with Crippen molar-refractivity contribution in [1.29, 1.82) is 0 Å². The second kappa shape index (κ2) is 9.63. The van der Waals surface area contributed by atoms with Gasteiger partial charge < -0.3 is 15.4 Å². The van der Waals surface area contributed by atoms with Crippen molar-refractivity contribution in [3.05, 3.63) is 48.3 Å². The minimum absolute atomic E-state index is 0.727. The van der Waals surface area contributed by atoms with E-state index in [-0.39, 0.29) is 0 Å². The van der Waals surface area contributed by atoms with Crippen LogP contribution in [0.25, 0.3) is 5.69 Å².